The van der Waals surface area contributed by atoms with Crippen molar-refractivity contribution in [1.29, 1.82) is 0 Å². The molecule has 0 saturated carbocycles. The molecule has 3 aromatic carbocycles. The smallest absolute Gasteiger partial charge is 0.317 e. The van der Waals surface area contributed by atoms with Crippen molar-refractivity contribution in [3.63, 3.8) is 0 Å². The van der Waals surface area contributed by atoms with E-state index in [2.05, 4.69) is 33.7 Å². The SMILES string of the molecule is CN(Cc1ccccc1)C(=O)NCCC(=O)Nc1ccccc1N1CCc2ccccc21. The summed E-state index contributed by atoms with van der Waals surface area (Å²) in [7, 11) is 1.74. The van der Waals surface area contributed by atoms with Crippen LogP contribution in [0.4, 0.5) is 21.9 Å². The zero-order valence-electron chi connectivity index (χ0n) is 18.3. The molecule has 1 heterocycles. The van der Waals surface area contributed by atoms with Gasteiger partial charge in [0.15, 0.2) is 0 Å². The van der Waals surface area contributed by atoms with Crippen LogP contribution < -0.4 is 15.5 Å². The molecule has 32 heavy (non-hydrogen) atoms. The van der Waals surface area contributed by atoms with Gasteiger partial charge in [0, 0.05) is 38.8 Å². The second kappa shape index (κ2) is 10.0. The number of carbonyl (C=O) groups excluding carboxylic acids is 2. The molecule has 6 nitrogen and oxygen atoms in total. The van der Waals surface area contributed by atoms with Gasteiger partial charge in [-0.25, -0.2) is 4.79 Å². The van der Waals surface area contributed by atoms with E-state index in [1.54, 1.807) is 11.9 Å². The summed E-state index contributed by atoms with van der Waals surface area (Å²) < 4.78 is 0. The lowest BCUT2D eigenvalue weighted by atomic mass is 10.1. The third-order valence-corrected chi connectivity index (χ3v) is 5.59. The molecule has 4 rings (SSSR count). The highest BCUT2D eigenvalue weighted by atomic mass is 16.2. The number of nitrogens with zero attached hydrogens (tertiary/aromatic N) is 2. The van der Waals surface area contributed by atoms with Gasteiger partial charge in [-0.1, -0.05) is 60.7 Å². The average molecular weight is 429 g/mol. The second-order valence-electron chi connectivity index (χ2n) is 7.92. The molecule has 3 amide bonds. The number of para-hydroxylation sites is 3. The van der Waals surface area contributed by atoms with Gasteiger partial charge in [0.1, 0.15) is 0 Å². The van der Waals surface area contributed by atoms with Gasteiger partial charge in [0.2, 0.25) is 5.91 Å². The van der Waals surface area contributed by atoms with Crippen molar-refractivity contribution in [2.75, 3.05) is 30.4 Å². The van der Waals surface area contributed by atoms with Crippen LogP contribution in [0.15, 0.2) is 78.9 Å². The summed E-state index contributed by atoms with van der Waals surface area (Å²) in [5.74, 6) is -0.129. The molecule has 0 atom stereocenters. The number of fused-ring (bicyclic) bond motifs is 1. The molecule has 3 aromatic rings. The predicted octanol–water partition coefficient (Wildman–Crippen LogP) is 4.55. The van der Waals surface area contributed by atoms with Gasteiger partial charge in [-0.15, -0.1) is 0 Å². The Labute approximate surface area is 188 Å². The molecular formula is C26H28N4O2. The van der Waals surface area contributed by atoms with Crippen LogP contribution in [-0.2, 0) is 17.8 Å². The first-order valence-corrected chi connectivity index (χ1v) is 10.9. The zero-order valence-corrected chi connectivity index (χ0v) is 18.3. The molecule has 6 heteroatoms. The number of nitrogens with one attached hydrogen (secondary N) is 2. The summed E-state index contributed by atoms with van der Waals surface area (Å²) in [6.07, 6.45) is 1.19. The number of hydrogen-bond acceptors (Lipinski definition) is 3. The summed E-state index contributed by atoms with van der Waals surface area (Å²) in [6, 6.07) is 25.8. The Morgan fingerprint density at radius 1 is 0.906 bits per heavy atom. The molecule has 1 aliphatic heterocycles. The number of carbonyl (C=O) groups is 2. The van der Waals surface area contributed by atoms with Crippen LogP contribution >= 0.6 is 0 Å². The van der Waals surface area contributed by atoms with Crippen LogP contribution in [0.3, 0.4) is 0 Å². The third-order valence-electron chi connectivity index (χ3n) is 5.59. The van der Waals surface area contributed by atoms with E-state index in [1.165, 1.54) is 11.3 Å². The Hall–Kier alpha value is -3.80. The van der Waals surface area contributed by atoms with Crippen LogP contribution in [-0.4, -0.2) is 37.0 Å². The molecule has 0 bridgehead atoms. The van der Waals surface area contributed by atoms with Crippen LogP contribution in [0.2, 0.25) is 0 Å². The first-order chi connectivity index (χ1) is 15.6. The Kier molecular flexibility index (Phi) is 6.70. The molecule has 1 aliphatic rings. The number of rotatable bonds is 7. The quantitative estimate of drug-likeness (QED) is 0.580. The van der Waals surface area contributed by atoms with Crippen molar-refractivity contribution < 1.29 is 9.59 Å². The fraction of sp³-hybridized carbons (Fsp3) is 0.231. The summed E-state index contributed by atoms with van der Waals surface area (Å²) in [5, 5.41) is 5.83. The van der Waals surface area contributed by atoms with Crippen molar-refractivity contribution in [2.24, 2.45) is 0 Å². The van der Waals surface area contributed by atoms with Gasteiger partial charge in [0.25, 0.3) is 0 Å². The van der Waals surface area contributed by atoms with E-state index in [9.17, 15) is 9.59 Å². The topological polar surface area (TPSA) is 64.7 Å². The Morgan fingerprint density at radius 2 is 1.59 bits per heavy atom. The van der Waals surface area contributed by atoms with Crippen molar-refractivity contribution in [3.8, 4) is 0 Å². The summed E-state index contributed by atoms with van der Waals surface area (Å²) in [5.41, 5.74) is 5.32. The molecule has 0 aromatic heterocycles. The van der Waals surface area contributed by atoms with Gasteiger partial charge in [-0.3, -0.25) is 4.79 Å². The van der Waals surface area contributed by atoms with Gasteiger partial charge in [0.05, 0.1) is 11.4 Å². The van der Waals surface area contributed by atoms with Crippen molar-refractivity contribution in [3.05, 3.63) is 90.0 Å². The maximum Gasteiger partial charge on any atom is 0.317 e. The van der Waals surface area contributed by atoms with Gasteiger partial charge in [-0.05, 0) is 35.7 Å². The number of hydrogen-bond donors (Lipinski definition) is 2. The van der Waals surface area contributed by atoms with E-state index in [4.69, 9.17) is 0 Å². The fourth-order valence-corrected chi connectivity index (χ4v) is 3.96. The first kappa shape index (κ1) is 21.4. The molecule has 0 spiro atoms. The minimum atomic E-state index is -0.198. The minimum absolute atomic E-state index is 0.129. The van der Waals surface area contributed by atoms with Crippen molar-refractivity contribution >= 4 is 29.0 Å². The van der Waals surface area contributed by atoms with Gasteiger partial charge >= 0.3 is 6.03 Å². The number of anilines is 3. The van der Waals surface area contributed by atoms with E-state index in [1.807, 2.05) is 60.7 Å². The molecule has 0 fully saturated rings. The summed E-state index contributed by atoms with van der Waals surface area (Å²) in [6.45, 7) is 1.68. The van der Waals surface area contributed by atoms with E-state index < -0.39 is 0 Å². The van der Waals surface area contributed by atoms with Gasteiger partial charge < -0.3 is 20.4 Å². The molecule has 0 radical (unpaired) electrons. The molecule has 0 unspecified atom stereocenters. The lowest BCUT2D eigenvalue weighted by Crippen LogP contribution is -2.38. The molecule has 164 valence electrons. The lowest BCUT2D eigenvalue weighted by molar-refractivity contribution is -0.116. The largest absolute Gasteiger partial charge is 0.339 e. The van der Waals surface area contributed by atoms with E-state index in [0.717, 1.165) is 29.9 Å². The predicted molar refractivity (Wildman–Crippen MR) is 128 cm³/mol. The molecule has 0 saturated heterocycles. The lowest BCUT2D eigenvalue weighted by Gasteiger charge is -2.23. The van der Waals surface area contributed by atoms with Crippen molar-refractivity contribution in [1.82, 2.24) is 10.2 Å². The molecular weight excluding hydrogens is 400 g/mol. The van der Waals surface area contributed by atoms with Crippen LogP contribution in [0, 0.1) is 0 Å². The highest BCUT2D eigenvalue weighted by Gasteiger charge is 2.22. The normalized spacial score (nSPS) is 12.2. The third kappa shape index (κ3) is 5.09. The molecule has 2 N–H and O–H groups in total. The maximum atomic E-state index is 12.6. The minimum Gasteiger partial charge on any atom is -0.339 e. The zero-order chi connectivity index (χ0) is 22.3. The van der Waals surface area contributed by atoms with E-state index >= 15 is 0 Å². The Morgan fingerprint density at radius 3 is 2.41 bits per heavy atom. The van der Waals surface area contributed by atoms with E-state index in [-0.39, 0.29) is 24.9 Å². The van der Waals surface area contributed by atoms with Crippen LogP contribution in [0.25, 0.3) is 0 Å². The van der Waals surface area contributed by atoms with Gasteiger partial charge in [-0.2, -0.15) is 0 Å². The number of benzene rings is 3. The second-order valence-corrected chi connectivity index (χ2v) is 7.92. The molecule has 0 aliphatic carbocycles. The monoisotopic (exact) mass is 428 g/mol. The maximum absolute atomic E-state index is 12.6. The Balaban J connectivity index is 1.30. The summed E-state index contributed by atoms with van der Waals surface area (Å²) >= 11 is 0. The van der Waals surface area contributed by atoms with Crippen LogP contribution in [0.5, 0.6) is 0 Å². The van der Waals surface area contributed by atoms with Crippen LogP contribution in [0.1, 0.15) is 17.5 Å². The first-order valence-electron chi connectivity index (χ1n) is 10.9. The van der Waals surface area contributed by atoms with Crippen molar-refractivity contribution in [2.45, 2.75) is 19.4 Å². The standard InChI is InChI=1S/C26H28N4O2/c1-29(19-20-9-3-2-4-10-20)26(32)27-17-15-25(31)28-22-12-6-8-14-24(22)30-18-16-21-11-5-7-13-23(21)30/h2-14H,15-19H2,1H3,(H,27,32)(H,28,31). The fourth-order valence-electron chi connectivity index (χ4n) is 3.96. The highest BCUT2D eigenvalue weighted by molar-refractivity contribution is 5.95. The average Bonchev–Trinajstić information content (AvgIpc) is 3.24. The number of urea groups is 1. The summed E-state index contributed by atoms with van der Waals surface area (Å²) in [4.78, 5) is 28.7. The highest BCUT2D eigenvalue weighted by Crippen LogP contribution is 2.38. The number of amides is 3. The van der Waals surface area contributed by atoms with E-state index in [0.29, 0.717) is 6.54 Å². The Bertz CT molecular complexity index is 1080.